The van der Waals surface area contributed by atoms with E-state index < -0.39 is 17.6 Å². The predicted octanol–water partition coefficient (Wildman–Crippen LogP) is 3.12. The third kappa shape index (κ3) is 5.36. The SMILES string of the molecule is CN1CC(C(=O)N2CCN(C3(CNC(=O)C(F)(F)F)CCCC3)CC2)C(c2ccc(Cl)cc2)C1. The zero-order valence-corrected chi connectivity index (χ0v) is 20.2. The van der Waals surface area contributed by atoms with Gasteiger partial charge in [-0.15, -0.1) is 0 Å². The normalized spacial score (nSPS) is 26.1. The van der Waals surface area contributed by atoms with Gasteiger partial charge >= 0.3 is 12.1 Å². The summed E-state index contributed by atoms with van der Waals surface area (Å²) in [6.45, 7) is 3.78. The molecule has 2 atom stereocenters. The Labute approximate surface area is 203 Å². The zero-order valence-electron chi connectivity index (χ0n) is 19.4. The van der Waals surface area contributed by atoms with Crippen LogP contribution in [0, 0.1) is 5.92 Å². The lowest BCUT2D eigenvalue weighted by Gasteiger charge is -2.46. The van der Waals surface area contributed by atoms with Crippen molar-refractivity contribution in [2.45, 2.75) is 43.3 Å². The Bertz CT molecular complexity index is 881. The number of piperazine rings is 1. The maximum Gasteiger partial charge on any atom is 0.471 e. The summed E-state index contributed by atoms with van der Waals surface area (Å²) in [5, 5.41) is 2.78. The summed E-state index contributed by atoms with van der Waals surface area (Å²) in [4.78, 5) is 31.2. The molecule has 4 rings (SSSR count). The number of benzene rings is 1. The molecule has 1 saturated carbocycles. The Morgan fingerprint density at radius 3 is 2.26 bits per heavy atom. The number of carbonyl (C=O) groups is 2. The number of amides is 2. The minimum absolute atomic E-state index is 0.00858. The van der Waals surface area contributed by atoms with E-state index in [0.29, 0.717) is 37.7 Å². The van der Waals surface area contributed by atoms with Crippen LogP contribution in [-0.2, 0) is 9.59 Å². The van der Waals surface area contributed by atoms with Gasteiger partial charge in [-0.05, 0) is 37.6 Å². The molecule has 1 aromatic carbocycles. The number of halogens is 4. The summed E-state index contributed by atoms with van der Waals surface area (Å²) < 4.78 is 38.1. The first-order chi connectivity index (χ1) is 16.1. The largest absolute Gasteiger partial charge is 0.471 e. The molecule has 34 heavy (non-hydrogen) atoms. The summed E-state index contributed by atoms with van der Waals surface area (Å²) >= 11 is 6.04. The van der Waals surface area contributed by atoms with E-state index in [1.54, 1.807) is 0 Å². The van der Waals surface area contributed by atoms with Gasteiger partial charge in [0.15, 0.2) is 0 Å². The Balaban J connectivity index is 1.38. The van der Waals surface area contributed by atoms with Crippen molar-refractivity contribution >= 4 is 23.4 Å². The number of hydrogen-bond acceptors (Lipinski definition) is 4. The van der Waals surface area contributed by atoms with Crippen molar-refractivity contribution in [1.82, 2.24) is 20.0 Å². The van der Waals surface area contributed by atoms with E-state index in [9.17, 15) is 22.8 Å². The highest BCUT2D eigenvalue weighted by Crippen LogP contribution is 2.37. The standard InChI is InChI=1S/C24H32ClF3N4O2/c1-30-14-19(17-4-6-18(25)7-5-17)20(15-30)21(33)31-10-12-32(13-11-31)23(8-2-3-9-23)16-29-22(34)24(26,27)28/h4-7,19-20H,2-3,8-16H2,1H3,(H,29,34). The van der Waals surface area contributed by atoms with Crippen LogP contribution in [0.5, 0.6) is 0 Å². The molecule has 0 bridgehead atoms. The minimum atomic E-state index is -4.88. The fraction of sp³-hybridized carbons (Fsp3) is 0.667. The molecule has 2 heterocycles. The number of nitrogens with zero attached hydrogens (tertiary/aromatic N) is 3. The van der Waals surface area contributed by atoms with Gasteiger partial charge in [-0.2, -0.15) is 13.2 Å². The third-order valence-electron chi connectivity index (χ3n) is 7.75. The molecule has 3 fully saturated rings. The zero-order chi connectivity index (χ0) is 24.5. The molecule has 0 aromatic heterocycles. The van der Waals surface area contributed by atoms with Gasteiger partial charge in [0.05, 0.1) is 5.92 Å². The van der Waals surface area contributed by atoms with Gasteiger partial charge in [0, 0.05) is 62.3 Å². The van der Waals surface area contributed by atoms with Crippen LogP contribution in [0.2, 0.25) is 5.02 Å². The molecule has 2 aliphatic heterocycles. The highest BCUT2D eigenvalue weighted by atomic mass is 35.5. The first-order valence-corrected chi connectivity index (χ1v) is 12.3. The quantitative estimate of drug-likeness (QED) is 0.675. The third-order valence-corrected chi connectivity index (χ3v) is 8.00. The second-order valence-corrected chi connectivity index (χ2v) is 10.3. The van der Waals surface area contributed by atoms with Crippen LogP contribution in [0.15, 0.2) is 24.3 Å². The van der Waals surface area contributed by atoms with E-state index in [4.69, 9.17) is 11.6 Å². The van der Waals surface area contributed by atoms with Crippen molar-refractivity contribution in [1.29, 1.82) is 0 Å². The molecular weight excluding hydrogens is 469 g/mol. The Morgan fingerprint density at radius 1 is 1.06 bits per heavy atom. The highest BCUT2D eigenvalue weighted by Gasteiger charge is 2.45. The van der Waals surface area contributed by atoms with Crippen LogP contribution in [0.1, 0.15) is 37.2 Å². The van der Waals surface area contributed by atoms with Crippen LogP contribution in [0.3, 0.4) is 0 Å². The van der Waals surface area contributed by atoms with E-state index in [2.05, 4.69) is 15.1 Å². The second-order valence-electron chi connectivity index (χ2n) is 9.91. The molecular formula is C24H32ClF3N4O2. The van der Waals surface area contributed by atoms with Gasteiger partial charge in [-0.3, -0.25) is 14.5 Å². The van der Waals surface area contributed by atoms with E-state index >= 15 is 0 Å². The van der Waals surface area contributed by atoms with Crippen LogP contribution in [-0.4, -0.2) is 91.1 Å². The molecule has 0 spiro atoms. The van der Waals surface area contributed by atoms with Crippen molar-refractivity contribution in [3.8, 4) is 0 Å². The molecule has 2 amide bonds. The smallest absolute Gasteiger partial charge is 0.346 e. The molecule has 188 valence electrons. The van der Waals surface area contributed by atoms with Crippen molar-refractivity contribution < 1.29 is 22.8 Å². The maximum atomic E-state index is 13.5. The van der Waals surface area contributed by atoms with Crippen molar-refractivity contribution in [3.05, 3.63) is 34.9 Å². The summed E-state index contributed by atoms with van der Waals surface area (Å²) in [7, 11) is 2.02. The van der Waals surface area contributed by atoms with Crippen LogP contribution in [0.25, 0.3) is 0 Å². The second kappa shape index (κ2) is 10.0. The molecule has 3 aliphatic rings. The lowest BCUT2D eigenvalue weighted by Crippen LogP contribution is -2.61. The maximum absolute atomic E-state index is 13.5. The lowest BCUT2D eigenvalue weighted by atomic mass is 9.87. The highest BCUT2D eigenvalue weighted by molar-refractivity contribution is 6.30. The Hall–Kier alpha value is -1.84. The van der Waals surface area contributed by atoms with Gasteiger partial charge in [-0.25, -0.2) is 0 Å². The van der Waals surface area contributed by atoms with Gasteiger partial charge in [0.25, 0.3) is 0 Å². The summed E-state index contributed by atoms with van der Waals surface area (Å²) in [6, 6.07) is 7.69. The van der Waals surface area contributed by atoms with Gasteiger partial charge < -0.3 is 15.1 Å². The molecule has 1 aliphatic carbocycles. The summed E-state index contributed by atoms with van der Waals surface area (Å²) in [6.07, 6.45) is -1.51. The lowest BCUT2D eigenvalue weighted by molar-refractivity contribution is -0.174. The Morgan fingerprint density at radius 2 is 1.68 bits per heavy atom. The van der Waals surface area contributed by atoms with Crippen LogP contribution in [0.4, 0.5) is 13.2 Å². The number of alkyl halides is 3. The fourth-order valence-electron chi connectivity index (χ4n) is 5.92. The Kier molecular flexibility index (Phi) is 7.45. The first-order valence-electron chi connectivity index (χ1n) is 11.9. The summed E-state index contributed by atoms with van der Waals surface area (Å²) in [5.74, 6) is -1.78. The number of likely N-dealkylation sites (tertiary alicyclic amines) is 1. The number of nitrogens with one attached hydrogen (secondary N) is 1. The van der Waals surface area contributed by atoms with Crippen molar-refractivity contribution in [3.63, 3.8) is 0 Å². The predicted molar refractivity (Wildman–Crippen MR) is 124 cm³/mol. The van der Waals surface area contributed by atoms with Crippen LogP contribution < -0.4 is 5.32 Å². The molecule has 0 radical (unpaired) electrons. The molecule has 1 aromatic rings. The van der Waals surface area contributed by atoms with E-state index in [0.717, 1.165) is 37.8 Å². The van der Waals surface area contributed by atoms with Gasteiger partial charge in [0.1, 0.15) is 0 Å². The summed E-state index contributed by atoms with van der Waals surface area (Å²) in [5.41, 5.74) is 0.645. The van der Waals surface area contributed by atoms with Gasteiger partial charge in [-0.1, -0.05) is 36.6 Å². The van der Waals surface area contributed by atoms with Crippen molar-refractivity contribution in [2.75, 3.05) is 52.9 Å². The molecule has 10 heteroatoms. The van der Waals surface area contributed by atoms with Gasteiger partial charge in [0.2, 0.25) is 5.91 Å². The average Bonchev–Trinajstić information content (AvgIpc) is 3.44. The van der Waals surface area contributed by atoms with Crippen molar-refractivity contribution in [2.24, 2.45) is 5.92 Å². The minimum Gasteiger partial charge on any atom is -0.346 e. The van der Waals surface area contributed by atoms with Crippen LogP contribution >= 0.6 is 11.6 Å². The monoisotopic (exact) mass is 500 g/mol. The van der Waals surface area contributed by atoms with E-state index in [1.807, 2.05) is 36.2 Å². The number of rotatable bonds is 5. The van der Waals surface area contributed by atoms with E-state index in [-0.39, 0.29) is 24.3 Å². The molecule has 2 saturated heterocycles. The molecule has 6 nitrogen and oxygen atoms in total. The fourth-order valence-corrected chi connectivity index (χ4v) is 6.04. The molecule has 1 N–H and O–H groups in total. The molecule has 2 unspecified atom stereocenters. The first kappa shape index (κ1) is 25.3. The number of likely N-dealkylation sites (N-methyl/N-ethyl adjacent to an activating group) is 1. The topological polar surface area (TPSA) is 55.9 Å². The van der Waals surface area contributed by atoms with E-state index in [1.165, 1.54) is 0 Å². The number of carbonyl (C=O) groups excluding carboxylic acids is 2. The number of hydrogen-bond donors (Lipinski definition) is 1. The average molecular weight is 501 g/mol.